The van der Waals surface area contributed by atoms with Crippen LogP contribution in [0, 0.1) is 11.3 Å². The molecule has 0 radical (unpaired) electrons. The molecule has 0 aromatic heterocycles. The number of carbonyl (C=O) groups is 1. The fraction of sp³-hybridized carbons (Fsp3) is 0.500. The highest BCUT2D eigenvalue weighted by Crippen LogP contribution is 2.30. The Morgan fingerprint density at radius 1 is 1.25 bits per heavy atom. The molecule has 1 heterocycles. The Bertz CT molecular complexity index is 708. The summed E-state index contributed by atoms with van der Waals surface area (Å²) in [4.78, 5) is 14.5. The van der Waals surface area contributed by atoms with Crippen molar-refractivity contribution in [3.63, 3.8) is 0 Å². The molecule has 0 saturated carbocycles. The minimum Gasteiger partial charge on any atom is -0.490 e. The zero-order valence-corrected chi connectivity index (χ0v) is 16.6. The van der Waals surface area contributed by atoms with Gasteiger partial charge in [0.15, 0.2) is 11.5 Å². The number of nitrogens with zero attached hydrogens (tertiary/aromatic N) is 2. The molecule has 0 bridgehead atoms. The highest BCUT2D eigenvalue weighted by atomic mass is 16.5. The molecule has 1 aromatic carbocycles. The number of anilines is 1. The summed E-state index contributed by atoms with van der Waals surface area (Å²) in [5.41, 5.74) is 0.723. The third kappa shape index (κ3) is 6.76. The van der Waals surface area contributed by atoms with Gasteiger partial charge in [-0.05, 0) is 26.0 Å². The maximum atomic E-state index is 12.2. The molecule has 3 N–H and O–H groups in total. The molecule has 2 rings (SSSR count). The number of rotatable bonds is 10. The molecule has 0 spiro atoms. The predicted octanol–water partition coefficient (Wildman–Crippen LogP) is 1.32. The van der Waals surface area contributed by atoms with E-state index >= 15 is 0 Å². The number of benzene rings is 1. The monoisotopic (exact) mass is 387 g/mol. The van der Waals surface area contributed by atoms with Crippen LogP contribution in [0.3, 0.4) is 0 Å². The first-order valence-corrected chi connectivity index (χ1v) is 9.65. The van der Waals surface area contributed by atoms with Gasteiger partial charge in [-0.2, -0.15) is 5.26 Å². The van der Waals surface area contributed by atoms with Gasteiger partial charge in [-0.1, -0.05) is 0 Å². The average molecular weight is 387 g/mol. The Hall–Kier alpha value is -2.76. The summed E-state index contributed by atoms with van der Waals surface area (Å²) in [6, 6.07) is 7.32. The first-order chi connectivity index (χ1) is 13.7. The van der Waals surface area contributed by atoms with Crippen LogP contribution in [0.5, 0.6) is 11.5 Å². The molecule has 1 aromatic rings. The summed E-state index contributed by atoms with van der Waals surface area (Å²) in [7, 11) is 0. The van der Waals surface area contributed by atoms with E-state index in [9.17, 15) is 10.1 Å². The van der Waals surface area contributed by atoms with Crippen LogP contribution in [-0.4, -0.2) is 63.3 Å². The maximum Gasteiger partial charge on any atom is 0.263 e. The molecular weight excluding hydrogens is 358 g/mol. The van der Waals surface area contributed by atoms with Gasteiger partial charge in [0.05, 0.1) is 13.2 Å². The van der Waals surface area contributed by atoms with Gasteiger partial charge in [0.25, 0.3) is 5.91 Å². The van der Waals surface area contributed by atoms with Crippen molar-refractivity contribution in [1.82, 2.24) is 15.5 Å². The van der Waals surface area contributed by atoms with E-state index in [1.165, 1.54) is 6.20 Å². The number of piperazine rings is 1. The largest absolute Gasteiger partial charge is 0.490 e. The van der Waals surface area contributed by atoms with Crippen molar-refractivity contribution in [2.45, 2.75) is 13.8 Å². The van der Waals surface area contributed by atoms with Crippen LogP contribution in [0.4, 0.5) is 5.69 Å². The lowest BCUT2D eigenvalue weighted by molar-refractivity contribution is -0.117. The second-order valence-electron chi connectivity index (χ2n) is 6.19. The summed E-state index contributed by atoms with van der Waals surface area (Å²) in [5.74, 6) is 0.882. The number of amides is 1. The number of hydrogen-bond acceptors (Lipinski definition) is 7. The molecule has 28 heavy (non-hydrogen) atoms. The van der Waals surface area contributed by atoms with Crippen LogP contribution in [0.25, 0.3) is 0 Å². The van der Waals surface area contributed by atoms with Crippen molar-refractivity contribution >= 4 is 11.6 Å². The van der Waals surface area contributed by atoms with Crippen molar-refractivity contribution in [2.75, 3.05) is 57.8 Å². The molecule has 1 aliphatic heterocycles. The van der Waals surface area contributed by atoms with Crippen molar-refractivity contribution in [3.05, 3.63) is 30.0 Å². The number of hydrogen-bond donors (Lipinski definition) is 3. The lowest BCUT2D eigenvalue weighted by Gasteiger charge is -2.27. The number of nitriles is 1. The highest BCUT2D eigenvalue weighted by Gasteiger charge is 2.12. The molecule has 152 valence electrons. The fourth-order valence-corrected chi connectivity index (χ4v) is 2.80. The zero-order chi connectivity index (χ0) is 20.2. The van der Waals surface area contributed by atoms with Crippen molar-refractivity contribution < 1.29 is 14.3 Å². The molecular formula is C20H29N5O3. The van der Waals surface area contributed by atoms with E-state index in [1.54, 1.807) is 18.2 Å². The van der Waals surface area contributed by atoms with Crippen LogP contribution in [0.1, 0.15) is 13.8 Å². The van der Waals surface area contributed by atoms with E-state index in [2.05, 4.69) is 20.9 Å². The normalized spacial score (nSPS) is 14.8. The van der Waals surface area contributed by atoms with Crippen LogP contribution in [0.15, 0.2) is 30.0 Å². The molecule has 8 nitrogen and oxygen atoms in total. The van der Waals surface area contributed by atoms with E-state index in [0.29, 0.717) is 36.9 Å². The van der Waals surface area contributed by atoms with Gasteiger partial charge < -0.3 is 25.4 Å². The van der Waals surface area contributed by atoms with Gasteiger partial charge in [0.2, 0.25) is 0 Å². The van der Waals surface area contributed by atoms with Crippen molar-refractivity contribution in [1.29, 1.82) is 5.26 Å². The molecule has 1 amide bonds. The molecule has 1 fully saturated rings. The molecule has 0 unspecified atom stereocenters. The molecule has 0 aliphatic carbocycles. The second-order valence-corrected chi connectivity index (χ2v) is 6.19. The lowest BCUT2D eigenvalue weighted by atomic mass is 10.2. The van der Waals surface area contributed by atoms with E-state index in [-0.39, 0.29) is 11.5 Å². The van der Waals surface area contributed by atoms with Gasteiger partial charge in [0, 0.05) is 57.2 Å². The third-order valence-corrected chi connectivity index (χ3v) is 4.21. The van der Waals surface area contributed by atoms with E-state index in [0.717, 1.165) is 32.7 Å². The molecule has 1 saturated heterocycles. The van der Waals surface area contributed by atoms with E-state index in [4.69, 9.17) is 9.47 Å². The number of ether oxygens (including phenoxy) is 2. The van der Waals surface area contributed by atoms with Gasteiger partial charge in [0.1, 0.15) is 11.6 Å². The Labute approximate surface area is 166 Å². The summed E-state index contributed by atoms with van der Waals surface area (Å²) in [6.07, 6.45) is 1.41. The quantitative estimate of drug-likeness (QED) is 0.411. The lowest BCUT2D eigenvalue weighted by Crippen LogP contribution is -2.46. The Morgan fingerprint density at radius 2 is 1.96 bits per heavy atom. The predicted molar refractivity (Wildman–Crippen MR) is 108 cm³/mol. The number of carbonyl (C=O) groups excluding carboxylic acids is 1. The van der Waals surface area contributed by atoms with Crippen LogP contribution in [0.2, 0.25) is 0 Å². The average Bonchev–Trinajstić information content (AvgIpc) is 2.71. The minimum absolute atomic E-state index is 0.0205. The topological polar surface area (TPSA) is 98.6 Å². The molecule has 1 aliphatic rings. The molecule has 0 atom stereocenters. The van der Waals surface area contributed by atoms with Gasteiger partial charge in [-0.25, -0.2) is 0 Å². The summed E-state index contributed by atoms with van der Waals surface area (Å²) in [6.45, 7) is 10.0. The third-order valence-electron chi connectivity index (χ3n) is 4.21. The Balaban J connectivity index is 1.91. The SMILES string of the molecule is CCOc1ccc(N/C=C(/C#N)C(=O)NCCN2CCNCC2)cc1OCC. The second kappa shape index (κ2) is 11.8. The van der Waals surface area contributed by atoms with Crippen molar-refractivity contribution in [2.24, 2.45) is 0 Å². The Morgan fingerprint density at radius 3 is 2.64 bits per heavy atom. The van der Waals surface area contributed by atoms with Crippen LogP contribution < -0.4 is 25.4 Å². The summed E-state index contributed by atoms with van der Waals surface area (Å²) >= 11 is 0. The first kappa shape index (κ1) is 21.5. The standard InChI is InChI=1S/C20H29N5O3/c1-3-27-18-6-5-17(13-19(18)28-4-2)24-15-16(14-21)20(26)23-9-12-25-10-7-22-8-11-25/h5-6,13,15,22,24H,3-4,7-12H2,1-2H3,(H,23,26)/b16-15-. The minimum atomic E-state index is -0.388. The van der Waals surface area contributed by atoms with Crippen LogP contribution >= 0.6 is 0 Å². The molecule has 8 heteroatoms. The van der Waals surface area contributed by atoms with Gasteiger partial charge >= 0.3 is 0 Å². The fourth-order valence-electron chi connectivity index (χ4n) is 2.80. The number of nitrogens with one attached hydrogen (secondary N) is 3. The van der Waals surface area contributed by atoms with Gasteiger partial charge in [-0.15, -0.1) is 0 Å². The highest BCUT2D eigenvalue weighted by molar-refractivity contribution is 5.97. The van der Waals surface area contributed by atoms with Crippen molar-refractivity contribution in [3.8, 4) is 17.6 Å². The summed E-state index contributed by atoms with van der Waals surface area (Å²) < 4.78 is 11.1. The van der Waals surface area contributed by atoms with Gasteiger partial charge in [-0.3, -0.25) is 9.69 Å². The zero-order valence-electron chi connectivity index (χ0n) is 16.6. The van der Waals surface area contributed by atoms with Crippen LogP contribution in [-0.2, 0) is 4.79 Å². The Kier molecular flexibility index (Phi) is 9.11. The van der Waals surface area contributed by atoms with E-state index < -0.39 is 0 Å². The maximum absolute atomic E-state index is 12.2. The summed E-state index contributed by atoms with van der Waals surface area (Å²) in [5, 5.41) is 18.4. The first-order valence-electron chi connectivity index (χ1n) is 9.65. The van der Waals surface area contributed by atoms with E-state index in [1.807, 2.05) is 19.9 Å². The smallest absolute Gasteiger partial charge is 0.263 e.